The van der Waals surface area contributed by atoms with Crippen LogP contribution in [0.15, 0.2) is 24.4 Å². The maximum absolute atomic E-state index is 12.2. The Morgan fingerprint density at radius 3 is 2.62 bits per heavy atom. The summed E-state index contributed by atoms with van der Waals surface area (Å²) in [6.45, 7) is 0.0168. The maximum Gasteiger partial charge on any atom is 0.511 e. The van der Waals surface area contributed by atoms with Crippen LogP contribution in [0.1, 0.15) is 11.1 Å². The number of alkyl halides is 3. The fraction of sp³-hybridized carbons (Fsp3) is 0.333. The second-order valence-corrected chi connectivity index (χ2v) is 6.26. The number of nitrogens with one attached hydrogen (secondary N) is 2. The van der Waals surface area contributed by atoms with E-state index < -0.39 is 22.1 Å². The Morgan fingerprint density at radius 1 is 1.29 bits per heavy atom. The second kappa shape index (κ2) is 5.66. The lowest BCUT2D eigenvalue weighted by atomic mass is 10.1. The van der Waals surface area contributed by atoms with Crippen molar-refractivity contribution in [3.63, 3.8) is 0 Å². The molecule has 4 N–H and O–H groups in total. The first-order chi connectivity index (χ1) is 9.74. The highest BCUT2D eigenvalue weighted by Crippen LogP contribution is 2.23. The Bertz CT molecular complexity index is 738. The summed E-state index contributed by atoms with van der Waals surface area (Å²) in [6.07, 6.45) is 2.40. The van der Waals surface area contributed by atoms with Crippen LogP contribution in [-0.4, -0.2) is 25.5 Å². The van der Waals surface area contributed by atoms with E-state index >= 15 is 0 Å². The molecule has 0 amide bonds. The molecule has 5 nitrogen and oxygen atoms in total. The van der Waals surface area contributed by atoms with Gasteiger partial charge >= 0.3 is 15.5 Å². The summed E-state index contributed by atoms with van der Waals surface area (Å²) in [5.74, 6) is 0. The van der Waals surface area contributed by atoms with E-state index in [-0.39, 0.29) is 0 Å². The number of rotatable bonds is 5. The number of fused-ring (bicyclic) bond motifs is 1. The van der Waals surface area contributed by atoms with Gasteiger partial charge in [-0.25, -0.2) is 13.1 Å². The number of aromatic nitrogens is 1. The standard InChI is InChI=1S/C12H14F3N3O2S/c13-12(14,15)21(19,20)18-6-8-1-2-11-10(5-8)9(3-4-16)7-17-11/h1-2,5,7,17-18H,3-4,6,16H2. The van der Waals surface area contributed by atoms with Gasteiger partial charge in [-0.15, -0.1) is 0 Å². The molecule has 0 bridgehead atoms. The molecule has 0 aliphatic heterocycles. The van der Waals surface area contributed by atoms with Crippen molar-refractivity contribution in [2.24, 2.45) is 5.73 Å². The number of hydrogen-bond donors (Lipinski definition) is 3. The number of benzene rings is 1. The quantitative estimate of drug-likeness (QED) is 0.782. The Balaban J connectivity index is 2.22. The molecule has 0 aliphatic carbocycles. The van der Waals surface area contributed by atoms with Crippen molar-refractivity contribution in [2.45, 2.75) is 18.5 Å². The Hall–Kier alpha value is -1.58. The van der Waals surface area contributed by atoms with Crippen LogP contribution in [0.3, 0.4) is 0 Å². The molecule has 0 saturated carbocycles. The first-order valence-corrected chi connectivity index (χ1v) is 7.58. The molecule has 0 saturated heterocycles. The average Bonchev–Trinajstić information content (AvgIpc) is 2.78. The molecule has 9 heteroatoms. The molecule has 1 aromatic carbocycles. The van der Waals surface area contributed by atoms with E-state index in [4.69, 9.17) is 5.73 Å². The van der Waals surface area contributed by atoms with Crippen LogP contribution in [0.4, 0.5) is 13.2 Å². The lowest BCUT2D eigenvalue weighted by Crippen LogP contribution is -2.35. The number of sulfonamides is 1. The van der Waals surface area contributed by atoms with Crippen molar-refractivity contribution in [2.75, 3.05) is 6.54 Å². The van der Waals surface area contributed by atoms with Gasteiger partial charge in [0.15, 0.2) is 0 Å². The number of halogens is 3. The second-order valence-electron chi connectivity index (χ2n) is 4.50. The van der Waals surface area contributed by atoms with Crippen LogP contribution < -0.4 is 10.5 Å². The highest BCUT2D eigenvalue weighted by atomic mass is 32.2. The van der Waals surface area contributed by atoms with Crippen LogP contribution >= 0.6 is 0 Å². The third kappa shape index (κ3) is 3.36. The van der Waals surface area contributed by atoms with Gasteiger partial charge in [-0.05, 0) is 36.2 Å². The van der Waals surface area contributed by atoms with Gasteiger partial charge in [0.25, 0.3) is 0 Å². The third-order valence-electron chi connectivity index (χ3n) is 3.02. The molecule has 0 radical (unpaired) electrons. The van der Waals surface area contributed by atoms with Crippen molar-refractivity contribution in [3.05, 3.63) is 35.5 Å². The van der Waals surface area contributed by atoms with Crippen LogP contribution in [0.5, 0.6) is 0 Å². The molecule has 0 spiro atoms. The molecule has 1 heterocycles. The van der Waals surface area contributed by atoms with Crippen LogP contribution in [-0.2, 0) is 23.0 Å². The molecule has 21 heavy (non-hydrogen) atoms. The fourth-order valence-electron chi connectivity index (χ4n) is 1.96. The minimum atomic E-state index is -5.33. The molecule has 0 unspecified atom stereocenters. The van der Waals surface area contributed by atoms with Gasteiger partial charge < -0.3 is 10.7 Å². The van der Waals surface area contributed by atoms with E-state index in [0.717, 1.165) is 16.5 Å². The van der Waals surface area contributed by atoms with E-state index in [1.807, 2.05) is 0 Å². The molecule has 2 aromatic rings. The van der Waals surface area contributed by atoms with E-state index in [1.165, 1.54) is 4.72 Å². The summed E-state index contributed by atoms with van der Waals surface area (Å²) in [4.78, 5) is 3.02. The average molecular weight is 321 g/mol. The van der Waals surface area contributed by atoms with Crippen molar-refractivity contribution in [1.82, 2.24) is 9.71 Å². The molecule has 0 atom stereocenters. The van der Waals surface area contributed by atoms with Gasteiger partial charge in [-0.2, -0.15) is 13.2 Å². The minimum Gasteiger partial charge on any atom is -0.361 e. The molecule has 0 aliphatic rings. The largest absolute Gasteiger partial charge is 0.511 e. The van der Waals surface area contributed by atoms with Gasteiger partial charge in [0.05, 0.1) is 0 Å². The highest BCUT2D eigenvalue weighted by molar-refractivity contribution is 7.90. The highest BCUT2D eigenvalue weighted by Gasteiger charge is 2.45. The van der Waals surface area contributed by atoms with Crippen LogP contribution in [0, 0.1) is 0 Å². The number of nitrogens with two attached hydrogens (primary N) is 1. The number of hydrogen-bond acceptors (Lipinski definition) is 3. The first kappa shape index (κ1) is 15.8. The number of H-pyrrole nitrogens is 1. The molecular weight excluding hydrogens is 307 g/mol. The monoisotopic (exact) mass is 321 g/mol. The fourth-order valence-corrected chi connectivity index (χ4v) is 2.48. The van der Waals surface area contributed by atoms with Crippen molar-refractivity contribution in [3.8, 4) is 0 Å². The topological polar surface area (TPSA) is 88.0 Å². The van der Waals surface area contributed by atoms with E-state index in [9.17, 15) is 21.6 Å². The predicted molar refractivity (Wildman–Crippen MR) is 72.9 cm³/mol. The first-order valence-electron chi connectivity index (χ1n) is 6.09. The molecule has 0 fully saturated rings. The van der Waals surface area contributed by atoms with Gasteiger partial charge in [0.2, 0.25) is 0 Å². The predicted octanol–water partition coefficient (Wildman–Crippen LogP) is 1.61. The van der Waals surface area contributed by atoms with Crippen molar-refractivity contribution in [1.29, 1.82) is 0 Å². The molecule has 2 rings (SSSR count). The summed E-state index contributed by atoms with van der Waals surface area (Å²) in [5.41, 5.74) is 2.37. The van der Waals surface area contributed by atoms with Crippen LogP contribution in [0.2, 0.25) is 0 Å². The Labute approximate surface area is 119 Å². The lowest BCUT2D eigenvalue weighted by Gasteiger charge is -2.09. The van der Waals surface area contributed by atoms with Crippen molar-refractivity contribution >= 4 is 20.9 Å². The van der Waals surface area contributed by atoms with Gasteiger partial charge in [-0.1, -0.05) is 6.07 Å². The van der Waals surface area contributed by atoms with Crippen molar-refractivity contribution < 1.29 is 21.6 Å². The summed E-state index contributed by atoms with van der Waals surface area (Å²) in [5, 5.41) is 0.823. The SMILES string of the molecule is NCCc1c[nH]c2ccc(CNS(=O)(=O)C(F)(F)F)cc12. The zero-order valence-corrected chi connectivity index (χ0v) is 11.7. The minimum absolute atomic E-state index is 0.426. The van der Waals surface area contributed by atoms with Gasteiger partial charge in [0.1, 0.15) is 0 Å². The van der Waals surface area contributed by atoms with E-state index in [0.29, 0.717) is 18.5 Å². The third-order valence-corrected chi connectivity index (χ3v) is 4.15. The van der Waals surface area contributed by atoms with E-state index in [2.05, 4.69) is 4.98 Å². The smallest absolute Gasteiger partial charge is 0.361 e. The zero-order chi connectivity index (χ0) is 15.7. The maximum atomic E-state index is 12.2. The zero-order valence-electron chi connectivity index (χ0n) is 10.9. The van der Waals surface area contributed by atoms with E-state index in [1.54, 1.807) is 24.4 Å². The Morgan fingerprint density at radius 2 is 2.00 bits per heavy atom. The van der Waals surface area contributed by atoms with Gasteiger partial charge in [0, 0.05) is 23.6 Å². The summed E-state index contributed by atoms with van der Waals surface area (Å²) in [7, 11) is -5.33. The lowest BCUT2D eigenvalue weighted by molar-refractivity contribution is -0.0448. The Kier molecular flexibility index (Phi) is 4.26. The summed E-state index contributed by atoms with van der Waals surface area (Å²) < 4.78 is 60.1. The summed E-state index contributed by atoms with van der Waals surface area (Å²) >= 11 is 0. The molecular formula is C12H14F3N3O2S. The molecule has 116 valence electrons. The van der Waals surface area contributed by atoms with Gasteiger partial charge in [-0.3, -0.25) is 0 Å². The normalized spacial score (nSPS) is 13.0. The summed E-state index contributed by atoms with van der Waals surface area (Å²) in [6, 6.07) is 4.90. The number of aromatic amines is 1. The van der Waals surface area contributed by atoms with Crippen LogP contribution in [0.25, 0.3) is 10.9 Å². The molecule has 1 aromatic heterocycles.